The van der Waals surface area contributed by atoms with Crippen molar-refractivity contribution in [3.05, 3.63) is 29.3 Å². The van der Waals surface area contributed by atoms with Crippen LogP contribution in [0, 0.1) is 11.8 Å². The van der Waals surface area contributed by atoms with Gasteiger partial charge in [-0.1, -0.05) is 17.7 Å². The van der Waals surface area contributed by atoms with Crippen LogP contribution in [-0.4, -0.2) is 43.1 Å². The van der Waals surface area contributed by atoms with E-state index in [2.05, 4.69) is 0 Å². The van der Waals surface area contributed by atoms with Gasteiger partial charge in [-0.15, -0.1) is 0 Å². The summed E-state index contributed by atoms with van der Waals surface area (Å²) in [6.45, 7) is -1.65. The van der Waals surface area contributed by atoms with Gasteiger partial charge in [0, 0.05) is 18.1 Å². The fraction of sp³-hybridized carbons (Fsp3) is 0.417. The molecule has 22 heavy (non-hydrogen) atoms. The van der Waals surface area contributed by atoms with Gasteiger partial charge in [0.05, 0.1) is 16.7 Å². The number of rotatable bonds is 3. The predicted octanol–water partition coefficient (Wildman–Crippen LogP) is 2.22. The highest BCUT2D eigenvalue weighted by atomic mass is 35.5. The second-order valence-electron chi connectivity index (χ2n) is 4.87. The molecule has 0 saturated carbocycles. The SMILES string of the molecule is O=C(O)[C@@H]1CN(S(=O)(=O)c2cccc(Cl)c2)C[C@H]1C(F)(F)F. The molecule has 0 bridgehead atoms. The third-order valence-electron chi connectivity index (χ3n) is 3.46. The van der Waals surface area contributed by atoms with Gasteiger partial charge in [-0.25, -0.2) is 8.42 Å². The molecule has 0 unspecified atom stereocenters. The van der Waals surface area contributed by atoms with E-state index in [-0.39, 0.29) is 9.92 Å². The number of sulfonamides is 1. The van der Waals surface area contributed by atoms with Crippen LogP contribution in [0.2, 0.25) is 5.02 Å². The van der Waals surface area contributed by atoms with Crippen LogP contribution in [0.4, 0.5) is 13.2 Å². The van der Waals surface area contributed by atoms with Crippen LogP contribution in [-0.2, 0) is 14.8 Å². The van der Waals surface area contributed by atoms with Gasteiger partial charge in [0.1, 0.15) is 0 Å². The number of hydrogen-bond acceptors (Lipinski definition) is 3. The van der Waals surface area contributed by atoms with Gasteiger partial charge < -0.3 is 5.11 Å². The molecule has 1 fully saturated rings. The van der Waals surface area contributed by atoms with Crippen molar-refractivity contribution in [1.29, 1.82) is 0 Å². The molecule has 1 aliphatic rings. The molecule has 2 atom stereocenters. The van der Waals surface area contributed by atoms with Gasteiger partial charge in [0.2, 0.25) is 10.0 Å². The first-order valence-electron chi connectivity index (χ1n) is 6.08. The molecule has 0 aromatic heterocycles. The van der Waals surface area contributed by atoms with E-state index in [0.717, 1.165) is 6.07 Å². The van der Waals surface area contributed by atoms with Crippen LogP contribution in [0.1, 0.15) is 0 Å². The zero-order valence-electron chi connectivity index (χ0n) is 10.9. The Kier molecular flexibility index (Phi) is 4.42. The lowest BCUT2D eigenvalue weighted by molar-refractivity contribution is -0.187. The van der Waals surface area contributed by atoms with Crippen LogP contribution in [0.25, 0.3) is 0 Å². The first kappa shape index (κ1) is 17.0. The molecule has 5 nitrogen and oxygen atoms in total. The fourth-order valence-corrected chi connectivity index (χ4v) is 4.12. The molecule has 10 heteroatoms. The number of carbonyl (C=O) groups is 1. The van der Waals surface area contributed by atoms with Crippen LogP contribution >= 0.6 is 11.6 Å². The minimum Gasteiger partial charge on any atom is -0.481 e. The summed E-state index contributed by atoms with van der Waals surface area (Å²) in [5, 5.41) is 9.02. The van der Waals surface area contributed by atoms with Crippen molar-refractivity contribution in [3.63, 3.8) is 0 Å². The number of carboxylic acid groups (broad SMARTS) is 1. The maximum Gasteiger partial charge on any atom is 0.393 e. The van der Waals surface area contributed by atoms with Gasteiger partial charge in [-0.05, 0) is 18.2 Å². The van der Waals surface area contributed by atoms with E-state index in [1.165, 1.54) is 18.2 Å². The van der Waals surface area contributed by atoms with E-state index >= 15 is 0 Å². The normalized spacial score (nSPS) is 23.6. The number of hydrogen-bond donors (Lipinski definition) is 1. The van der Waals surface area contributed by atoms with Crippen molar-refractivity contribution in [1.82, 2.24) is 4.31 Å². The highest BCUT2D eigenvalue weighted by molar-refractivity contribution is 7.89. The minimum absolute atomic E-state index is 0.113. The van der Waals surface area contributed by atoms with Gasteiger partial charge in [0.15, 0.2) is 0 Å². The number of benzene rings is 1. The van der Waals surface area contributed by atoms with E-state index in [1.807, 2.05) is 0 Å². The number of halogens is 4. The van der Waals surface area contributed by atoms with E-state index in [1.54, 1.807) is 0 Å². The summed E-state index contributed by atoms with van der Waals surface area (Å²) in [7, 11) is -4.24. The van der Waals surface area contributed by atoms with Crippen molar-refractivity contribution in [2.75, 3.05) is 13.1 Å². The fourth-order valence-electron chi connectivity index (χ4n) is 2.32. The van der Waals surface area contributed by atoms with Crippen LogP contribution in [0.5, 0.6) is 0 Å². The lowest BCUT2D eigenvalue weighted by Gasteiger charge is -2.18. The predicted molar refractivity (Wildman–Crippen MR) is 70.9 cm³/mol. The lowest BCUT2D eigenvalue weighted by atomic mass is 9.96. The summed E-state index contributed by atoms with van der Waals surface area (Å²) >= 11 is 5.68. The maximum absolute atomic E-state index is 12.9. The first-order chi connectivity index (χ1) is 10.0. The molecule has 2 rings (SSSR count). The Bertz CT molecular complexity index is 692. The third kappa shape index (κ3) is 3.21. The van der Waals surface area contributed by atoms with Crippen molar-refractivity contribution >= 4 is 27.6 Å². The molecule has 1 aliphatic heterocycles. The topological polar surface area (TPSA) is 74.7 Å². The Morgan fingerprint density at radius 1 is 1.32 bits per heavy atom. The van der Waals surface area contributed by atoms with Crippen molar-refractivity contribution in [3.8, 4) is 0 Å². The molecular formula is C12H11ClF3NO4S. The summed E-state index contributed by atoms with van der Waals surface area (Å²) in [6, 6.07) is 5.07. The molecular weight excluding hydrogens is 347 g/mol. The lowest BCUT2D eigenvalue weighted by Crippen LogP contribution is -2.34. The van der Waals surface area contributed by atoms with Gasteiger partial charge in [-0.3, -0.25) is 4.79 Å². The van der Waals surface area contributed by atoms with E-state index < -0.39 is 47.1 Å². The minimum atomic E-state index is -4.79. The monoisotopic (exact) mass is 357 g/mol. The Morgan fingerprint density at radius 2 is 1.95 bits per heavy atom. The maximum atomic E-state index is 12.9. The number of aliphatic carboxylic acids is 1. The zero-order valence-corrected chi connectivity index (χ0v) is 12.5. The first-order valence-corrected chi connectivity index (χ1v) is 7.90. The highest BCUT2D eigenvalue weighted by Gasteiger charge is 2.54. The molecule has 0 spiro atoms. The van der Waals surface area contributed by atoms with E-state index in [0.29, 0.717) is 4.31 Å². The number of carboxylic acids is 1. The molecule has 0 aliphatic carbocycles. The summed E-state index contributed by atoms with van der Waals surface area (Å²) in [5.41, 5.74) is 0. The molecule has 1 aromatic rings. The summed E-state index contributed by atoms with van der Waals surface area (Å²) in [6.07, 6.45) is -4.79. The molecule has 0 radical (unpaired) electrons. The van der Waals surface area contributed by atoms with Crippen LogP contribution in [0.15, 0.2) is 29.2 Å². The van der Waals surface area contributed by atoms with Crippen LogP contribution in [0.3, 0.4) is 0 Å². The average Bonchev–Trinajstić information content (AvgIpc) is 2.84. The third-order valence-corrected chi connectivity index (χ3v) is 5.52. The standard InChI is InChI=1S/C12H11ClF3NO4S/c13-7-2-1-3-8(4-7)22(20,21)17-5-9(11(18)19)10(6-17)12(14,15)16/h1-4,9-10H,5-6H2,(H,18,19)/t9-,10-/m1/s1. The van der Waals surface area contributed by atoms with Crippen molar-refractivity contribution in [2.45, 2.75) is 11.1 Å². The number of nitrogens with zero attached hydrogens (tertiary/aromatic N) is 1. The molecule has 1 aromatic carbocycles. The van der Waals surface area contributed by atoms with E-state index in [4.69, 9.17) is 16.7 Å². The Balaban J connectivity index is 2.36. The molecule has 1 N–H and O–H groups in total. The number of alkyl halides is 3. The summed E-state index contributed by atoms with van der Waals surface area (Å²) in [5.74, 6) is -5.74. The Morgan fingerprint density at radius 3 is 2.41 bits per heavy atom. The largest absolute Gasteiger partial charge is 0.481 e. The highest BCUT2D eigenvalue weighted by Crippen LogP contribution is 2.39. The van der Waals surface area contributed by atoms with Crippen molar-refractivity contribution < 1.29 is 31.5 Å². The van der Waals surface area contributed by atoms with E-state index in [9.17, 15) is 26.4 Å². The van der Waals surface area contributed by atoms with Crippen molar-refractivity contribution in [2.24, 2.45) is 11.8 Å². The second-order valence-corrected chi connectivity index (χ2v) is 7.25. The van der Waals surface area contributed by atoms with Gasteiger partial charge >= 0.3 is 12.1 Å². The second kappa shape index (κ2) is 5.71. The zero-order chi connectivity index (χ0) is 16.7. The molecule has 0 amide bonds. The average molecular weight is 358 g/mol. The molecule has 122 valence electrons. The quantitative estimate of drug-likeness (QED) is 0.900. The smallest absolute Gasteiger partial charge is 0.393 e. The van der Waals surface area contributed by atoms with Crippen LogP contribution < -0.4 is 0 Å². The molecule has 1 saturated heterocycles. The summed E-state index contributed by atoms with van der Waals surface area (Å²) < 4.78 is 63.9. The Hall–Kier alpha value is -1.32. The van der Waals surface area contributed by atoms with Gasteiger partial charge in [-0.2, -0.15) is 17.5 Å². The Labute approximate surface area is 129 Å². The summed E-state index contributed by atoms with van der Waals surface area (Å²) in [4.78, 5) is 10.7. The molecule has 1 heterocycles. The van der Waals surface area contributed by atoms with Gasteiger partial charge in [0.25, 0.3) is 0 Å².